The first-order valence-electron chi connectivity index (χ1n) is 6.19. The number of rotatable bonds is 4. The van der Waals surface area contributed by atoms with Gasteiger partial charge in [-0.2, -0.15) is 0 Å². The Hall–Kier alpha value is -1.55. The molecule has 1 fully saturated rings. The third-order valence-corrected chi connectivity index (χ3v) is 3.11. The molecule has 0 unspecified atom stereocenters. The molecule has 1 aromatic carbocycles. The molecule has 0 aliphatic carbocycles. The van der Waals surface area contributed by atoms with Crippen LogP contribution in [0.3, 0.4) is 0 Å². The normalized spacial score (nSPS) is 16.3. The predicted molar refractivity (Wildman–Crippen MR) is 66.8 cm³/mol. The Balaban J connectivity index is 1.97. The topological polar surface area (TPSA) is 44.8 Å². The van der Waals surface area contributed by atoms with Gasteiger partial charge in [-0.1, -0.05) is 12.1 Å². The molecule has 18 heavy (non-hydrogen) atoms. The Bertz CT molecular complexity index is 397. The van der Waals surface area contributed by atoms with Crippen molar-refractivity contribution in [3.8, 4) is 5.75 Å². The zero-order chi connectivity index (χ0) is 12.8. The number of carbonyl (C=O) groups is 1. The van der Waals surface area contributed by atoms with Crippen molar-refractivity contribution in [2.75, 3.05) is 26.9 Å². The molecule has 1 aromatic rings. The molecule has 4 heteroatoms. The van der Waals surface area contributed by atoms with Gasteiger partial charge in [0, 0.05) is 13.2 Å². The molecular formula is C14H18O4. The van der Waals surface area contributed by atoms with Crippen molar-refractivity contribution in [1.29, 1.82) is 0 Å². The summed E-state index contributed by atoms with van der Waals surface area (Å²) in [7, 11) is 1.37. The van der Waals surface area contributed by atoms with Crippen LogP contribution in [0.2, 0.25) is 0 Å². The number of hydrogen-bond donors (Lipinski definition) is 0. The molecule has 0 amide bonds. The summed E-state index contributed by atoms with van der Waals surface area (Å²) in [6.45, 7) is 2.22. The van der Waals surface area contributed by atoms with Crippen LogP contribution in [-0.2, 0) is 9.47 Å². The van der Waals surface area contributed by atoms with Gasteiger partial charge >= 0.3 is 5.97 Å². The summed E-state index contributed by atoms with van der Waals surface area (Å²) in [5.74, 6) is 0.734. The van der Waals surface area contributed by atoms with Gasteiger partial charge in [-0.25, -0.2) is 4.79 Å². The maximum absolute atomic E-state index is 11.6. The molecule has 0 saturated carbocycles. The summed E-state index contributed by atoms with van der Waals surface area (Å²) < 4.78 is 15.8. The third-order valence-electron chi connectivity index (χ3n) is 3.11. The molecule has 98 valence electrons. The predicted octanol–water partition coefficient (Wildman–Crippen LogP) is 2.28. The Kier molecular flexibility index (Phi) is 4.59. The molecule has 0 radical (unpaired) electrons. The van der Waals surface area contributed by atoms with Gasteiger partial charge in [0.25, 0.3) is 0 Å². The van der Waals surface area contributed by atoms with E-state index in [1.807, 2.05) is 6.07 Å². The van der Waals surface area contributed by atoms with Crippen molar-refractivity contribution in [3.05, 3.63) is 29.8 Å². The van der Waals surface area contributed by atoms with Gasteiger partial charge in [-0.15, -0.1) is 0 Å². The molecule has 0 spiro atoms. The number of benzene rings is 1. The molecule has 1 heterocycles. The second-order valence-electron chi connectivity index (χ2n) is 4.35. The fourth-order valence-corrected chi connectivity index (χ4v) is 1.99. The lowest BCUT2D eigenvalue weighted by atomic mass is 10.0. The third kappa shape index (κ3) is 3.23. The van der Waals surface area contributed by atoms with Gasteiger partial charge in [0.15, 0.2) is 0 Å². The first kappa shape index (κ1) is 12.9. The van der Waals surface area contributed by atoms with Crippen molar-refractivity contribution in [1.82, 2.24) is 0 Å². The van der Waals surface area contributed by atoms with Crippen LogP contribution >= 0.6 is 0 Å². The molecular weight excluding hydrogens is 232 g/mol. The molecule has 0 bridgehead atoms. The lowest BCUT2D eigenvalue weighted by molar-refractivity contribution is 0.0483. The molecule has 0 N–H and O–H groups in total. The van der Waals surface area contributed by atoms with Crippen molar-refractivity contribution in [2.45, 2.75) is 12.8 Å². The van der Waals surface area contributed by atoms with Crippen molar-refractivity contribution >= 4 is 5.97 Å². The fourth-order valence-electron chi connectivity index (χ4n) is 1.99. The highest BCUT2D eigenvalue weighted by Crippen LogP contribution is 2.22. The maximum Gasteiger partial charge on any atom is 0.341 e. The Morgan fingerprint density at radius 2 is 2.06 bits per heavy atom. The van der Waals surface area contributed by atoms with Crippen LogP contribution in [0.25, 0.3) is 0 Å². The number of para-hydroxylation sites is 1. The van der Waals surface area contributed by atoms with Crippen LogP contribution in [0.5, 0.6) is 5.75 Å². The molecule has 0 aromatic heterocycles. The number of carbonyl (C=O) groups excluding carboxylic acids is 1. The van der Waals surface area contributed by atoms with E-state index in [9.17, 15) is 4.79 Å². The van der Waals surface area contributed by atoms with Crippen molar-refractivity contribution < 1.29 is 19.0 Å². The number of hydrogen-bond acceptors (Lipinski definition) is 4. The number of methoxy groups -OCH3 is 1. The Morgan fingerprint density at radius 1 is 1.33 bits per heavy atom. The first-order chi connectivity index (χ1) is 8.81. The van der Waals surface area contributed by atoms with E-state index in [4.69, 9.17) is 14.2 Å². The molecule has 2 rings (SSSR count). The maximum atomic E-state index is 11.6. The minimum atomic E-state index is -0.363. The molecule has 1 saturated heterocycles. The zero-order valence-corrected chi connectivity index (χ0v) is 10.6. The monoisotopic (exact) mass is 250 g/mol. The average molecular weight is 250 g/mol. The van der Waals surface area contributed by atoms with Gasteiger partial charge < -0.3 is 14.2 Å². The van der Waals surface area contributed by atoms with Crippen LogP contribution in [-0.4, -0.2) is 32.9 Å². The van der Waals surface area contributed by atoms with E-state index >= 15 is 0 Å². The lowest BCUT2D eigenvalue weighted by Crippen LogP contribution is -2.22. The van der Waals surface area contributed by atoms with Crippen molar-refractivity contribution in [3.63, 3.8) is 0 Å². The molecule has 1 aliphatic rings. The number of esters is 1. The van der Waals surface area contributed by atoms with Gasteiger partial charge in [0.05, 0.1) is 13.7 Å². The summed E-state index contributed by atoms with van der Waals surface area (Å²) in [4.78, 5) is 11.6. The second kappa shape index (κ2) is 6.40. The summed E-state index contributed by atoms with van der Waals surface area (Å²) >= 11 is 0. The molecule has 1 aliphatic heterocycles. The van der Waals surface area contributed by atoms with Gasteiger partial charge in [-0.05, 0) is 30.9 Å². The van der Waals surface area contributed by atoms with Crippen molar-refractivity contribution in [2.24, 2.45) is 5.92 Å². The van der Waals surface area contributed by atoms with E-state index < -0.39 is 0 Å². The second-order valence-corrected chi connectivity index (χ2v) is 4.35. The average Bonchev–Trinajstić information content (AvgIpc) is 2.45. The van der Waals surface area contributed by atoms with E-state index in [0.717, 1.165) is 26.1 Å². The zero-order valence-electron chi connectivity index (χ0n) is 10.6. The summed E-state index contributed by atoms with van der Waals surface area (Å²) in [5.41, 5.74) is 0.479. The van der Waals surface area contributed by atoms with E-state index in [1.54, 1.807) is 18.2 Å². The SMILES string of the molecule is COC(=O)c1ccccc1OCC1CCOCC1. The van der Waals surface area contributed by atoms with Crippen LogP contribution in [0, 0.1) is 5.92 Å². The summed E-state index contributed by atoms with van der Waals surface area (Å²) in [6.07, 6.45) is 2.03. The van der Waals surface area contributed by atoms with Gasteiger partial charge in [0.1, 0.15) is 11.3 Å². The van der Waals surface area contributed by atoms with Crippen LogP contribution in [0.4, 0.5) is 0 Å². The van der Waals surface area contributed by atoms with Gasteiger partial charge in [0.2, 0.25) is 0 Å². The van der Waals surface area contributed by atoms with Crippen LogP contribution in [0.1, 0.15) is 23.2 Å². The molecule has 4 nitrogen and oxygen atoms in total. The van der Waals surface area contributed by atoms with E-state index in [0.29, 0.717) is 23.8 Å². The van der Waals surface area contributed by atoms with Crippen LogP contribution in [0.15, 0.2) is 24.3 Å². The summed E-state index contributed by atoms with van der Waals surface area (Å²) in [5, 5.41) is 0. The highest BCUT2D eigenvalue weighted by atomic mass is 16.5. The minimum Gasteiger partial charge on any atom is -0.492 e. The molecule has 0 atom stereocenters. The quantitative estimate of drug-likeness (QED) is 0.769. The Labute approximate surface area is 107 Å². The fraction of sp³-hybridized carbons (Fsp3) is 0.500. The van der Waals surface area contributed by atoms with E-state index in [1.165, 1.54) is 7.11 Å². The van der Waals surface area contributed by atoms with E-state index in [-0.39, 0.29) is 5.97 Å². The van der Waals surface area contributed by atoms with E-state index in [2.05, 4.69) is 0 Å². The largest absolute Gasteiger partial charge is 0.492 e. The lowest BCUT2D eigenvalue weighted by Gasteiger charge is -2.22. The standard InChI is InChI=1S/C14H18O4/c1-16-14(15)12-4-2-3-5-13(12)18-10-11-6-8-17-9-7-11/h2-5,11H,6-10H2,1H3. The first-order valence-corrected chi connectivity index (χ1v) is 6.19. The smallest absolute Gasteiger partial charge is 0.341 e. The Morgan fingerprint density at radius 3 is 2.78 bits per heavy atom. The minimum absolute atomic E-state index is 0.363. The number of ether oxygens (including phenoxy) is 3. The summed E-state index contributed by atoms with van der Waals surface area (Å²) in [6, 6.07) is 7.16. The highest BCUT2D eigenvalue weighted by Gasteiger charge is 2.17. The van der Waals surface area contributed by atoms with Crippen LogP contribution < -0.4 is 4.74 Å². The van der Waals surface area contributed by atoms with Gasteiger partial charge in [-0.3, -0.25) is 0 Å². The highest BCUT2D eigenvalue weighted by molar-refractivity contribution is 5.92.